The van der Waals surface area contributed by atoms with Crippen LogP contribution in [0.5, 0.6) is 0 Å². The van der Waals surface area contributed by atoms with Crippen LogP contribution in [0, 0.1) is 12.3 Å². The van der Waals surface area contributed by atoms with E-state index in [0.717, 1.165) is 0 Å². The summed E-state index contributed by atoms with van der Waals surface area (Å²) in [5, 5.41) is 0. The third-order valence-electron chi connectivity index (χ3n) is 0.865. The molecule has 0 aromatic rings. The average molecular weight is 112 g/mol. The van der Waals surface area contributed by atoms with Gasteiger partial charge in [0.1, 0.15) is 6.10 Å². The number of hydrogen-bond acceptors (Lipinski definition) is 2. The van der Waals surface area contributed by atoms with E-state index in [1.165, 1.54) is 7.11 Å². The Morgan fingerprint density at radius 1 is 1.88 bits per heavy atom. The Bertz CT molecular complexity index is 121. The molecule has 0 aliphatic carbocycles. The largest absolute Gasteiger partial charge is 0.373 e. The van der Waals surface area contributed by atoms with Gasteiger partial charge in [0.05, 0.1) is 0 Å². The number of methoxy groups -OCH3 is 1. The number of ketones is 1. The van der Waals surface area contributed by atoms with Crippen molar-refractivity contribution >= 4 is 5.78 Å². The lowest BCUT2D eigenvalue weighted by Gasteiger charge is -1.99. The molecule has 1 unspecified atom stereocenters. The van der Waals surface area contributed by atoms with Crippen LogP contribution in [0.1, 0.15) is 6.92 Å². The highest BCUT2D eigenvalue weighted by atomic mass is 16.5. The highest BCUT2D eigenvalue weighted by Gasteiger charge is 2.05. The van der Waals surface area contributed by atoms with Crippen molar-refractivity contribution in [3.05, 3.63) is 0 Å². The van der Waals surface area contributed by atoms with Crippen LogP contribution in [0.4, 0.5) is 0 Å². The van der Waals surface area contributed by atoms with E-state index in [9.17, 15) is 4.79 Å². The molecule has 0 spiro atoms. The zero-order valence-electron chi connectivity index (χ0n) is 4.97. The topological polar surface area (TPSA) is 26.3 Å². The van der Waals surface area contributed by atoms with E-state index in [0.29, 0.717) is 0 Å². The Balaban J connectivity index is 3.68. The zero-order chi connectivity index (χ0) is 6.57. The van der Waals surface area contributed by atoms with E-state index in [2.05, 4.69) is 4.74 Å². The number of Topliss-reactive ketones (excluding diaryl/α,β-unsaturated/α-hetero) is 1. The molecule has 0 aromatic heterocycles. The molecule has 0 aliphatic heterocycles. The first-order valence-electron chi connectivity index (χ1n) is 2.25. The van der Waals surface area contributed by atoms with Gasteiger partial charge in [0.25, 0.3) is 0 Å². The Morgan fingerprint density at radius 3 is 2.50 bits per heavy atom. The van der Waals surface area contributed by atoms with Gasteiger partial charge in [0.15, 0.2) is 0 Å². The summed E-state index contributed by atoms with van der Waals surface area (Å²) in [6.07, 6.45) is 4.31. The molecular weight excluding hydrogens is 104 g/mol. The van der Waals surface area contributed by atoms with E-state index in [1.807, 2.05) is 5.92 Å². The molecule has 0 radical (unpaired) electrons. The summed E-state index contributed by atoms with van der Waals surface area (Å²) >= 11 is 0. The van der Waals surface area contributed by atoms with Gasteiger partial charge >= 0.3 is 0 Å². The van der Waals surface area contributed by atoms with Gasteiger partial charge in [0, 0.05) is 7.11 Å². The van der Waals surface area contributed by atoms with E-state index in [4.69, 9.17) is 6.42 Å². The molecule has 0 bridgehead atoms. The fourth-order valence-corrected chi connectivity index (χ4v) is 0.224. The summed E-state index contributed by atoms with van der Waals surface area (Å²) in [7, 11) is 1.44. The number of rotatable bonds is 2. The Hall–Kier alpha value is -0.810. The van der Waals surface area contributed by atoms with Crippen molar-refractivity contribution in [1.82, 2.24) is 0 Å². The van der Waals surface area contributed by atoms with E-state index < -0.39 is 6.10 Å². The molecule has 8 heavy (non-hydrogen) atoms. The van der Waals surface area contributed by atoms with E-state index >= 15 is 0 Å². The standard InChI is InChI=1S/C6H8O2/c1-4-6(7)5(2)8-3/h1,5H,2-3H3. The number of hydrogen-bond donors (Lipinski definition) is 0. The van der Waals surface area contributed by atoms with Crippen molar-refractivity contribution in [3.63, 3.8) is 0 Å². The van der Waals surface area contributed by atoms with Gasteiger partial charge in [0.2, 0.25) is 5.78 Å². The summed E-state index contributed by atoms with van der Waals surface area (Å²) in [5.41, 5.74) is 0. The smallest absolute Gasteiger partial charge is 0.233 e. The molecule has 0 heterocycles. The van der Waals surface area contributed by atoms with Crippen LogP contribution in [0.2, 0.25) is 0 Å². The van der Waals surface area contributed by atoms with Gasteiger partial charge < -0.3 is 4.74 Å². The molecule has 0 aromatic carbocycles. The van der Waals surface area contributed by atoms with E-state index in [1.54, 1.807) is 6.92 Å². The van der Waals surface area contributed by atoms with Crippen molar-refractivity contribution in [1.29, 1.82) is 0 Å². The quantitative estimate of drug-likeness (QED) is 0.377. The molecular formula is C6H8O2. The minimum atomic E-state index is -0.458. The van der Waals surface area contributed by atoms with Crippen LogP contribution in [0.15, 0.2) is 0 Å². The highest BCUT2D eigenvalue weighted by Crippen LogP contribution is 1.86. The SMILES string of the molecule is C#CC(=O)C(C)OC. The lowest BCUT2D eigenvalue weighted by molar-refractivity contribution is -0.122. The Kier molecular flexibility index (Phi) is 2.90. The summed E-state index contributed by atoms with van der Waals surface area (Å²) in [5.74, 6) is 1.64. The molecule has 0 N–H and O–H groups in total. The van der Waals surface area contributed by atoms with Crippen molar-refractivity contribution in [2.75, 3.05) is 7.11 Å². The highest BCUT2D eigenvalue weighted by molar-refractivity contribution is 5.98. The van der Waals surface area contributed by atoms with Gasteiger partial charge in [-0.1, -0.05) is 0 Å². The van der Waals surface area contributed by atoms with Gasteiger partial charge in [-0.05, 0) is 12.8 Å². The third kappa shape index (κ3) is 1.76. The van der Waals surface area contributed by atoms with Gasteiger partial charge in [-0.25, -0.2) is 0 Å². The fraction of sp³-hybridized carbons (Fsp3) is 0.500. The fourth-order valence-electron chi connectivity index (χ4n) is 0.224. The monoisotopic (exact) mass is 112 g/mol. The minimum absolute atomic E-state index is 0.312. The summed E-state index contributed by atoms with van der Waals surface area (Å²) in [6.45, 7) is 1.61. The van der Waals surface area contributed by atoms with Crippen LogP contribution in [-0.2, 0) is 9.53 Å². The first-order valence-corrected chi connectivity index (χ1v) is 2.25. The molecule has 2 nitrogen and oxygen atoms in total. The molecule has 0 saturated heterocycles. The predicted octanol–water partition coefficient (Wildman–Crippen LogP) is 0.224. The lowest BCUT2D eigenvalue weighted by Crippen LogP contribution is -2.16. The Morgan fingerprint density at radius 2 is 2.38 bits per heavy atom. The second kappa shape index (κ2) is 3.23. The zero-order valence-corrected chi connectivity index (χ0v) is 4.97. The molecule has 44 valence electrons. The van der Waals surface area contributed by atoms with Gasteiger partial charge in [-0.15, -0.1) is 6.42 Å². The third-order valence-corrected chi connectivity index (χ3v) is 0.865. The maximum absolute atomic E-state index is 10.4. The second-order valence-electron chi connectivity index (χ2n) is 1.39. The van der Waals surface area contributed by atoms with Gasteiger partial charge in [-0.2, -0.15) is 0 Å². The molecule has 2 heteroatoms. The molecule has 1 atom stereocenters. The maximum atomic E-state index is 10.4. The molecule has 0 fully saturated rings. The minimum Gasteiger partial charge on any atom is -0.373 e. The molecule has 0 amide bonds. The van der Waals surface area contributed by atoms with Gasteiger partial charge in [-0.3, -0.25) is 4.79 Å². The lowest BCUT2D eigenvalue weighted by atomic mass is 10.3. The van der Waals surface area contributed by atoms with Crippen LogP contribution < -0.4 is 0 Å². The van der Waals surface area contributed by atoms with Crippen molar-refractivity contribution in [2.45, 2.75) is 13.0 Å². The number of carbonyl (C=O) groups excluding carboxylic acids is 1. The van der Waals surface area contributed by atoms with Crippen LogP contribution in [-0.4, -0.2) is 19.0 Å². The predicted molar refractivity (Wildman–Crippen MR) is 30.3 cm³/mol. The summed E-state index contributed by atoms with van der Waals surface area (Å²) < 4.78 is 4.61. The van der Waals surface area contributed by atoms with Crippen molar-refractivity contribution in [3.8, 4) is 12.3 Å². The molecule has 0 aliphatic rings. The first-order chi connectivity index (χ1) is 3.72. The number of carbonyl (C=O) groups is 1. The van der Waals surface area contributed by atoms with Crippen LogP contribution in [0.25, 0.3) is 0 Å². The number of terminal acetylenes is 1. The van der Waals surface area contributed by atoms with Crippen molar-refractivity contribution in [2.24, 2.45) is 0 Å². The molecule has 0 saturated carbocycles. The average Bonchev–Trinajstić information content (AvgIpc) is 1.84. The van der Waals surface area contributed by atoms with Crippen LogP contribution >= 0.6 is 0 Å². The normalized spacial score (nSPS) is 12.1. The Labute approximate surface area is 48.8 Å². The van der Waals surface area contributed by atoms with Crippen molar-refractivity contribution < 1.29 is 9.53 Å². The molecule has 0 rings (SSSR count). The summed E-state index contributed by atoms with van der Waals surface area (Å²) in [6, 6.07) is 0. The number of ether oxygens (including phenoxy) is 1. The second-order valence-corrected chi connectivity index (χ2v) is 1.39. The first kappa shape index (κ1) is 7.19. The summed E-state index contributed by atoms with van der Waals surface area (Å²) in [4.78, 5) is 10.4. The maximum Gasteiger partial charge on any atom is 0.233 e. The van der Waals surface area contributed by atoms with E-state index in [-0.39, 0.29) is 5.78 Å². The van der Waals surface area contributed by atoms with Crippen LogP contribution in [0.3, 0.4) is 0 Å².